The first-order valence-corrected chi connectivity index (χ1v) is 8.12. The Labute approximate surface area is 128 Å². The van der Waals surface area contributed by atoms with Crippen LogP contribution < -0.4 is 11.3 Å². The van der Waals surface area contributed by atoms with Crippen molar-refractivity contribution >= 4 is 11.6 Å². The van der Waals surface area contributed by atoms with Crippen molar-refractivity contribution in [3.8, 4) is 0 Å². The second-order valence-electron chi connectivity index (χ2n) is 5.59. The first-order chi connectivity index (χ1) is 9.60. The van der Waals surface area contributed by atoms with Crippen LogP contribution in [0.2, 0.25) is 5.02 Å². The minimum absolute atomic E-state index is 0.272. The third kappa shape index (κ3) is 5.43. The van der Waals surface area contributed by atoms with E-state index in [0.29, 0.717) is 0 Å². The zero-order chi connectivity index (χ0) is 15.0. The van der Waals surface area contributed by atoms with Crippen LogP contribution in [-0.2, 0) is 13.5 Å². The largest absolute Gasteiger partial charge is 0.271 e. The van der Waals surface area contributed by atoms with Crippen LogP contribution in [0.1, 0.15) is 63.3 Å². The van der Waals surface area contributed by atoms with Gasteiger partial charge >= 0.3 is 0 Å². The van der Waals surface area contributed by atoms with Gasteiger partial charge in [0.15, 0.2) is 0 Å². The van der Waals surface area contributed by atoms with Gasteiger partial charge in [-0.2, -0.15) is 5.10 Å². The molecule has 0 spiro atoms. The molecule has 0 aromatic carbocycles. The van der Waals surface area contributed by atoms with Gasteiger partial charge in [-0.3, -0.25) is 16.0 Å². The van der Waals surface area contributed by atoms with E-state index < -0.39 is 0 Å². The maximum atomic E-state index is 6.28. The Balaban J connectivity index is 2.35. The molecule has 0 bridgehead atoms. The summed E-state index contributed by atoms with van der Waals surface area (Å²) in [5.41, 5.74) is 4.87. The second kappa shape index (κ2) is 9.37. The van der Waals surface area contributed by atoms with Gasteiger partial charge < -0.3 is 0 Å². The molecule has 0 saturated carbocycles. The van der Waals surface area contributed by atoms with Gasteiger partial charge in [-0.25, -0.2) is 0 Å². The van der Waals surface area contributed by atoms with Crippen molar-refractivity contribution in [1.82, 2.24) is 15.2 Å². The Kier molecular flexibility index (Phi) is 8.19. The Bertz CT molecular complexity index is 389. The summed E-state index contributed by atoms with van der Waals surface area (Å²) in [5.74, 6) is 5.67. The normalized spacial score (nSPS) is 12.8. The number of unbranched alkanes of at least 4 members (excludes halogenated alkanes) is 5. The van der Waals surface area contributed by atoms with Gasteiger partial charge in [0, 0.05) is 19.5 Å². The molecule has 0 aliphatic heterocycles. The highest BCUT2D eigenvalue weighted by Gasteiger charge is 2.16. The van der Waals surface area contributed by atoms with Crippen molar-refractivity contribution in [2.24, 2.45) is 12.9 Å². The quantitative estimate of drug-likeness (QED) is 0.395. The van der Waals surface area contributed by atoms with Crippen LogP contribution in [0.3, 0.4) is 0 Å². The minimum atomic E-state index is 0.272. The van der Waals surface area contributed by atoms with E-state index in [0.717, 1.165) is 29.3 Å². The first kappa shape index (κ1) is 17.5. The third-order valence-corrected chi connectivity index (χ3v) is 4.33. The molecule has 0 radical (unpaired) electrons. The molecule has 0 aliphatic carbocycles. The van der Waals surface area contributed by atoms with E-state index >= 15 is 0 Å². The number of aryl methyl sites for hydroxylation is 2. The van der Waals surface area contributed by atoms with Crippen LogP contribution in [0.25, 0.3) is 0 Å². The highest BCUT2D eigenvalue weighted by molar-refractivity contribution is 6.31. The Morgan fingerprint density at radius 2 is 1.90 bits per heavy atom. The zero-order valence-corrected chi connectivity index (χ0v) is 13.8. The molecular weight excluding hydrogens is 272 g/mol. The SMILES string of the molecule is CCCCCCCCC(Cc1c(Cl)c(C)nn1C)NN. The van der Waals surface area contributed by atoms with Crippen LogP contribution in [0.5, 0.6) is 0 Å². The highest BCUT2D eigenvalue weighted by Crippen LogP contribution is 2.21. The molecule has 20 heavy (non-hydrogen) atoms. The average Bonchev–Trinajstić information content (AvgIpc) is 2.67. The van der Waals surface area contributed by atoms with Crippen molar-refractivity contribution in [2.75, 3.05) is 0 Å². The lowest BCUT2D eigenvalue weighted by Crippen LogP contribution is -2.37. The molecule has 3 N–H and O–H groups in total. The lowest BCUT2D eigenvalue weighted by molar-refractivity contribution is 0.450. The zero-order valence-electron chi connectivity index (χ0n) is 13.1. The van der Waals surface area contributed by atoms with Crippen LogP contribution >= 0.6 is 11.6 Å². The molecule has 4 nitrogen and oxygen atoms in total. The number of nitrogens with two attached hydrogens (primary N) is 1. The number of halogens is 1. The van der Waals surface area contributed by atoms with E-state index in [9.17, 15) is 0 Å². The molecule has 1 aromatic rings. The van der Waals surface area contributed by atoms with Gasteiger partial charge in [0.05, 0.1) is 16.4 Å². The van der Waals surface area contributed by atoms with E-state index in [4.69, 9.17) is 17.4 Å². The maximum Gasteiger partial charge on any atom is 0.0847 e. The highest BCUT2D eigenvalue weighted by atomic mass is 35.5. The summed E-state index contributed by atoms with van der Waals surface area (Å²) in [4.78, 5) is 0. The van der Waals surface area contributed by atoms with Gasteiger partial charge in [0.25, 0.3) is 0 Å². The summed E-state index contributed by atoms with van der Waals surface area (Å²) in [6.45, 7) is 4.18. The first-order valence-electron chi connectivity index (χ1n) is 7.74. The molecule has 0 saturated heterocycles. The fourth-order valence-corrected chi connectivity index (χ4v) is 2.79. The van der Waals surface area contributed by atoms with Crippen LogP contribution in [0.4, 0.5) is 0 Å². The molecule has 116 valence electrons. The van der Waals surface area contributed by atoms with Gasteiger partial charge in [0.2, 0.25) is 0 Å². The maximum absolute atomic E-state index is 6.28. The minimum Gasteiger partial charge on any atom is -0.271 e. The number of hydrogen-bond donors (Lipinski definition) is 2. The number of hydrazine groups is 1. The van der Waals surface area contributed by atoms with Crippen molar-refractivity contribution in [3.63, 3.8) is 0 Å². The molecule has 0 aliphatic rings. The Morgan fingerprint density at radius 3 is 2.45 bits per heavy atom. The van der Waals surface area contributed by atoms with Crippen molar-refractivity contribution < 1.29 is 0 Å². The topological polar surface area (TPSA) is 55.9 Å². The Hall–Kier alpha value is -0.580. The molecular formula is C15H29ClN4. The van der Waals surface area contributed by atoms with E-state index in [-0.39, 0.29) is 6.04 Å². The van der Waals surface area contributed by atoms with Gasteiger partial charge in [-0.05, 0) is 13.3 Å². The number of nitrogens with zero attached hydrogens (tertiary/aromatic N) is 2. The number of rotatable bonds is 10. The molecule has 1 rings (SSSR count). The lowest BCUT2D eigenvalue weighted by Gasteiger charge is -2.16. The van der Waals surface area contributed by atoms with Crippen molar-refractivity contribution in [2.45, 2.75) is 71.3 Å². The molecule has 1 aromatic heterocycles. The number of hydrogen-bond acceptors (Lipinski definition) is 3. The second-order valence-corrected chi connectivity index (χ2v) is 5.97. The summed E-state index contributed by atoms with van der Waals surface area (Å²) in [6.07, 6.45) is 9.75. The summed E-state index contributed by atoms with van der Waals surface area (Å²) < 4.78 is 1.86. The fraction of sp³-hybridized carbons (Fsp3) is 0.800. The fourth-order valence-electron chi connectivity index (χ4n) is 2.55. The van der Waals surface area contributed by atoms with Crippen molar-refractivity contribution in [3.05, 3.63) is 16.4 Å². The van der Waals surface area contributed by atoms with E-state index in [2.05, 4.69) is 17.4 Å². The monoisotopic (exact) mass is 300 g/mol. The van der Waals surface area contributed by atoms with Crippen LogP contribution in [-0.4, -0.2) is 15.8 Å². The summed E-state index contributed by atoms with van der Waals surface area (Å²) in [6, 6.07) is 0.272. The molecule has 1 heterocycles. The Morgan fingerprint density at radius 1 is 1.25 bits per heavy atom. The van der Waals surface area contributed by atoms with E-state index in [1.165, 1.54) is 38.5 Å². The van der Waals surface area contributed by atoms with Crippen LogP contribution in [0.15, 0.2) is 0 Å². The van der Waals surface area contributed by atoms with E-state index in [1.54, 1.807) is 0 Å². The average molecular weight is 301 g/mol. The summed E-state index contributed by atoms with van der Waals surface area (Å²) in [7, 11) is 1.94. The predicted octanol–water partition coefficient (Wildman–Crippen LogP) is 3.51. The predicted molar refractivity (Wildman–Crippen MR) is 85.8 cm³/mol. The smallest absolute Gasteiger partial charge is 0.0847 e. The van der Waals surface area contributed by atoms with Gasteiger partial charge in [-0.15, -0.1) is 0 Å². The lowest BCUT2D eigenvalue weighted by atomic mass is 10.0. The van der Waals surface area contributed by atoms with Crippen LogP contribution in [0, 0.1) is 6.92 Å². The van der Waals surface area contributed by atoms with Gasteiger partial charge in [0.1, 0.15) is 0 Å². The standard InChI is InChI=1S/C15H29ClN4/c1-4-5-6-7-8-9-10-13(18-17)11-14-15(16)12(2)19-20(14)3/h13,18H,4-11,17H2,1-3H3. The molecule has 1 atom stereocenters. The van der Waals surface area contributed by atoms with Crippen molar-refractivity contribution in [1.29, 1.82) is 0 Å². The molecule has 0 fully saturated rings. The van der Waals surface area contributed by atoms with Gasteiger partial charge in [-0.1, -0.05) is 57.0 Å². The molecule has 0 amide bonds. The summed E-state index contributed by atoms with van der Waals surface area (Å²) >= 11 is 6.28. The number of nitrogens with one attached hydrogen (secondary N) is 1. The molecule has 5 heteroatoms. The third-order valence-electron chi connectivity index (χ3n) is 3.84. The molecule has 1 unspecified atom stereocenters. The number of aromatic nitrogens is 2. The summed E-state index contributed by atoms with van der Waals surface area (Å²) in [5, 5.41) is 5.12. The van der Waals surface area contributed by atoms with E-state index in [1.807, 2.05) is 18.7 Å².